The molecule has 2 rings (SSSR count). The third-order valence-electron chi connectivity index (χ3n) is 3.08. The highest BCUT2D eigenvalue weighted by Crippen LogP contribution is 2.27. The van der Waals surface area contributed by atoms with Crippen LogP contribution >= 0.6 is 0 Å². The Balaban J connectivity index is 2.13. The number of rotatable bonds is 2. The van der Waals surface area contributed by atoms with Gasteiger partial charge in [-0.1, -0.05) is 6.92 Å². The van der Waals surface area contributed by atoms with Crippen LogP contribution in [-0.2, 0) is 9.53 Å². The van der Waals surface area contributed by atoms with Crippen molar-refractivity contribution < 1.29 is 9.53 Å². The van der Waals surface area contributed by atoms with Crippen LogP contribution in [0.1, 0.15) is 6.92 Å². The first-order valence-corrected chi connectivity index (χ1v) is 5.52. The molecule has 17 heavy (non-hydrogen) atoms. The van der Waals surface area contributed by atoms with Crippen molar-refractivity contribution in [2.24, 2.45) is 11.8 Å². The number of nitrogens with zero attached hydrogens (tertiary/aromatic N) is 3. The van der Waals surface area contributed by atoms with Crippen LogP contribution in [0.2, 0.25) is 0 Å². The van der Waals surface area contributed by atoms with Gasteiger partial charge in [-0.05, 0) is 5.92 Å². The van der Waals surface area contributed by atoms with E-state index in [-0.39, 0.29) is 17.8 Å². The molecule has 1 aliphatic heterocycles. The van der Waals surface area contributed by atoms with Gasteiger partial charge in [0, 0.05) is 13.1 Å². The maximum Gasteiger partial charge on any atom is 0.310 e. The summed E-state index contributed by atoms with van der Waals surface area (Å²) >= 11 is 0. The highest BCUT2D eigenvalue weighted by Gasteiger charge is 2.36. The van der Waals surface area contributed by atoms with E-state index < -0.39 is 0 Å². The second kappa shape index (κ2) is 4.57. The number of anilines is 2. The van der Waals surface area contributed by atoms with Crippen LogP contribution in [0.3, 0.4) is 0 Å². The molecule has 1 fully saturated rings. The average molecular weight is 236 g/mol. The lowest BCUT2D eigenvalue weighted by atomic mass is 9.99. The van der Waals surface area contributed by atoms with Crippen molar-refractivity contribution in [2.75, 3.05) is 30.8 Å². The van der Waals surface area contributed by atoms with Crippen LogP contribution < -0.4 is 10.6 Å². The van der Waals surface area contributed by atoms with Gasteiger partial charge in [-0.25, -0.2) is 4.98 Å². The molecule has 2 unspecified atom stereocenters. The lowest BCUT2D eigenvalue weighted by Gasteiger charge is -2.16. The zero-order valence-corrected chi connectivity index (χ0v) is 9.96. The normalized spacial score (nSPS) is 23.8. The van der Waals surface area contributed by atoms with Crippen LogP contribution in [0.5, 0.6) is 0 Å². The fourth-order valence-corrected chi connectivity index (χ4v) is 2.13. The van der Waals surface area contributed by atoms with Crippen molar-refractivity contribution in [1.82, 2.24) is 9.97 Å². The standard InChI is InChI=1S/C11H16N4O2/c1-7-5-15(6-8(7)11(16)17-2)10-4-13-3-9(12)14-10/h3-4,7-8H,5-6H2,1-2H3,(H2,12,14). The van der Waals surface area contributed by atoms with Crippen molar-refractivity contribution in [1.29, 1.82) is 0 Å². The summed E-state index contributed by atoms with van der Waals surface area (Å²) in [7, 11) is 1.41. The van der Waals surface area contributed by atoms with E-state index in [4.69, 9.17) is 10.5 Å². The van der Waals surface area contributed by atoms with E-state index in [1.165, 1.54) is 13.3 Å². The molecule has 1 aliphatic rings. The second-order valence-electron chi connectivity index (χ2n) is 4.31. The van der Waals surface area contributed by atoms with Gasteiger partial charge >= 0.3 is 5.97 Å². The molecule has 6 heteroatoms. The Bertz CT molecular complexity index is 424. The summed E-state index contributed by atoms with van der Waals surface area (Å²) in [5, 5.41) is 0. The first kappa shape index (κ1) is 11.6. The lowest BCUT2D eigenvalue weighted by Crippen LogP contribution is -2.25. The van der Waals surface area contributed by atoms with Crippen molar-refractivity contribution >= 4 is 17.6 Å². The number of nitrogens with two attached hydrogens (primary N) is 1. The Morgan fingerprint density at radius 3 is 2.94 bits per heavy atom. The SMILES string of the molecule is COC(=O)C1CN(c2cncc(N)n2)CC1C. The zero-order valence-electron chi connectivity index (χ0n) is 9.96. The van der Waals surface area contributed by atoms with E-state index in [1.807, 2.05) is 11.8 Å². The Morgan fingerprint density at radius 1 is 1.53 bits per heavy atom. The third-order valence-corrected chi connectivity index (χ3v) is 3.08. The summed E-state index contributed by atoms with van der Waals surface area (Å²) in [5.41, 5.74) is 5.59. The molecule has 1 aromatic heterocycles. The average Bonchev–Trinajstić information content (AvgIpc) is 2.70. The second-order valence-corrected chi connectivity index (χ2v) is 4.31. The van der Waals surface area contributed by atoms with Gasteiger partial charge in [0.05, 0.1) is 25.4 Å². The summed E-state index contributed by atoms with van der Waals surface area (Å²) in [6.07, 6.45) is 3.16. The van der Waals surface area contributed by atoms with Gasteiger partial charge in [0.2, 0.25) is 0 Å². The Morgan fingerprint density at radius 2 is 2.29 bits per heavy atom. The summed E-state index contributed by atoms with van der Waals surface area (Å²) in [6, 6.07) is 0. The number of hydrogen-bond acceptors (Lipinski definition) is 6. The first-order valence-electron chi connectivity index (χ1n) is 5.52. The molecule has 2 N–H and O–H groups in total. The van der Waals surface area contributed by atoms with Gasteiger partial charge in [0.15, 0.2) is 0 Å². The van der Waals surface area contributed by atoms with Gasteiger partial charge in [-0.15, -0.1) is 0 Å². The number of carbonyl (C=O) groups excluding carboxylic acids is 1. The van der Waals surface area contributed by atoms with Gasteiger partial charge < -0.3 is 15.4 Å². The van der Waals surface area contributed by atoms with E-state index in [9.17, 15) is 4.79 Å². The number of aromatic nitrogens is 2. The largest absolute Gasteiger partial charge is 0.469 e. The monoisotopic (exact) mass is 236 g/mol. The zero-order chi connectivity index (χ0) is 12.4. The van der Waals surface area contributed by atoms with Crippen molar-refractivity contribution in [2.45, 2.75) is 6.92 Å². The van der Waals surface area contributed by atoms with Gasteiger partial charge in [-0.3, -0.25) is 9.78 Å². The van der Waals surface area contributed by atoms with Crippen LogP contribution in [0.25, 0.3) is 0 Å². The molecule has 0 aromatic carbocycles. The molecule has 1 saturated heterocycles. The van der Waals surface area contributed by atoms with Gasteiger partial charge in [0.25, 0.3) is 0 Å². The van der Waals surface area contributed by atoms with Crippen LogP contribution in [0, 0.1) is 11.8 Å². The van der Waals surface area contributed by atoms with Crippen molar-refractivity contribution in [3.8, 4) is 0 Å². The number of esters is 1. The molecule has 0 amide bonds. The molecule has 2 atom stereocenters. The molecule has 6 nitrogen and oxygen atoms in total. The fraction of sp³-hybridized carbons (Fsp3) is 0.545. The minimum absolute atomic E-state index is 0.108. The molecule has 92 valence electrons. The molecular weight excluding hydrogens is 220 g/mol. The molecule has 0 radical (unpaired) electrons. The highest BCUT2D eigenvalue weighted by molar-refractivity contribution is 5.74. The van der Waals surface area contributed by atoms with Gasteiger partial charge in [-0.2, -0.15) is 0 Å². The van der Waals surface area contributed by atoms with E-state index in [0.717, 1.165) is 6.54 Å². The van der Waals surface area contributed by atoms with Crippen molar-refractivity contribution in [3.63, 3.8) is 0 Å². The number of ether oxygens (including phenoxy) is 1. The fourth-order valence-electron chi connectivity index (χ4n) is 2.13. The van der Waals surface area contributed by atoms with Crippen LogP contribution in [0.15, 0.2) is 12.4 Å². The van der Waals surface area contributed by atoms with E-state index >= 15 is 0 Å². The quantitative estimate of drug-likeness (QED) is 0.744. The lowest BCUT2D eigenvalue weighted by molar-refractivity contribution is -0.145. The Kier molecular flexibility index (Phi) is 3.12. The number of carbonyl (C=O) groups is 1. The van der Waals surface area contributed by atoms with E-state index in [0.29, 0.717) is 18.2 Å². The maximum atomic E-state index is 11.6. The van der Waals surface area contributed by atoms with Crippen LogP contribution in [-0.4, -0.2) is 36.1 Å². The predicted molar refractivity (Wildman–Crippen MR) is 63.3 cm³/mol. The minimum atomic E-state index is -0.170. The first-order chi connectivity index (χ1) is 8.11. The van der Waals surface area contributed by atoms with Crippen LogP contribution in [0.4, 0.5) is 11.6 Å². The summed E-state index contributed by atoms with van der Waals surface area (Å²) < 4.78 is 4.79. The van der Waals surface area contributed by atoms with E-state index in [1.54, 1.807) is 6.20 Å². The number of nitrogen functional groups attached to an aromatic ring is 1. The van der Waals surface area contributed by atoms with Crippen molar-refractivity contribution in [3.05, 3.63) is 12.4 Å². The molecule has 0 bridgehead atoms. The maximum absolute atomic E-state index is 11.6. The smallest absolute Gasteiger partial charge is 0.310 e. The Labute approximate surface area is 99.8 Å². The molecule has 0 saturated carbocycles. The summed E-state index contributed by atoms with van der Waals surface area (Å²) in [4.78, 5) is 21.8. The summed E-state index contributed by atoms with van der Waals surface area (Å²) in [6.45, 7) is 3.39. The van der Waals surface area contributed by atoms with E-state index in [2.05, 4.69) is 9.97 Å². The summed E-state index contributed by atoms with van der Waals surface area (Å²) in [5.74, 6) is 1.06. The molecular formula is C11H16N4O2. The minimum Gasteiger partial charge on any atom is -0.469 e. The molecule has 2 heterocycles. The molecule has 0 spiro atoms. The predicted octanol–water partition coefficient (Wildman–Crippen LogP) is 0.304. The molecule has 0 aliphatic carbocycles. The Hall–Kier alpha value is -1.85. The van der Waals surface area contributed by atoms with Gasteiger partial charge in [0.1, 0.15) is 11.6 Å². The highest BCUT2D eigenvalue weighted by atomic mass is 16.5. The number of hydrogen-bond donors (Lipinski definition) is 1. The topological polar surface area (TPSA) is 81.3 Å². The number of methoxy groups -OCH3 is 1. The third kappa shape index (κ3) is 2.30. The molecule has 1 aromatic rings.